The van der Waals surface area contributed by atoms with Crippen molar-refractivity contribution >= 4 is 17.7 Å². The van der Waals surface area contributed by atoms with E-state index in [1.807, 2.05) is 4.90 Å². The lowest BCUT2D eigenvalue weighted by Gasteiger charge is -2.28. The number of hydrogen-bond donors (Lipinski definition) is 0. The van der Waals surface area contributed by atoms with Crippen LogP contribution in [0.3, 0.4) is 0 Å². The quantitative estimate of drug-likeness (QED) is 0.482. The van der Waals surface area contributed by atoms with Crippen LogP contribution in [-0.4, -0.2) is 54.8 Å². The van der Waals surface area contributed by atoms with E-state index in [0.29, 0.717) is 13.2 Å². The van der Waals surface area contributed by atoms with Crippen LogP contribution in [0.1, 0.15) is 49.3 Å². The third-order valence-electron chi connectivity index (χ3n) is 5.77. The lowest BCUT2D eigenvalue weighted by molar-refractivity contribution is -0.132. The summed E-state index contributed by atoms with van der Waals surface area (Å²) in [6, 6.07) is 15.2. The Labute approximate surface area is 196 Å². The van der Waals surface area contributed by atoms with E-state index in [1.165, 1.54) is 23.3 Å². The van der Waals surface area contributed by atoms with Crippen LogP contribution in [0.2, 0.25) is 0 Å². The third kappa shape index (κ3) is 6.80. The molecule has 0 aromatic heterocycles. The van der Waals surface area contributed by atoms with Gasteiger partial charge in [-0.05, 0) is 40.7 Å². The zero-order chi connectivity index (χ0) is 23.1. The van der Waals surface area contributed by atoms with E-state index < -0.39 is 0 Å². The summed E-state index contributed by atoms with van der Waals surface area (Å²) in [5.41, 5.74) is 3.61. The highest BCUT2D eigenvalue weighted by molar-refractivity contribution is 7.99. The Kier molecular flexibility index (Phi) is 8.74. The van der Waals surface area contributed by atoms with Crippen molar-refractivity contribution in [2.75, 3.05) is 39.1 Å². The first-order valence-electron chi connectivity index (χ1n) is 11.2. The Bertz CT molecular complexity index is 865. The molecular weight excluding hydrogens is 423 g/mol. The molecule has 1 saturated heterocycles. The predicted octanol–water partition coefficient (Wildman–Crippen LogP) is 5.24. The van der Waals surface area contributed by atoms with Crippen molar-refractivity contribution in [2.45, 2.75) is 44.5 Å². The summed E-state index contributed by atoms with van der Waals surface area (Å²) in [7, 11) is 1.70. The van der Waals surface area contributed by atoms with Gasteiger partial charge in [-0.2, -0.15) is 0 Å². The van der Waals surface area contributed by atoms with Crippen LogP contribution in [0.4, 0.5) is 4.39 Å². The Balaban J connectivity index is 1.68. The Morgan fingerprint density at radius 3 is 2.47 bits per heavy atom. The van der Waals surface area contributed by atoms with Crippen LogP contribution in [0.25, 0.3) is 0 Å². The number of amides is 1. The predicted molar refractivity (Wildman–Crippen MR) is 130 cm³/mol. The third-order valence-corrected chi connectivity index (χ3v) is 7.03. The van der Waals surface area contributed by atoms with Crippen molar-refractivity contribution in [3.63, 3.8) is 0 Å². The Morgan fingerprint density at radius 2 is 1.84 bits per heavy atom. The van der Waals surface area contributed by atoms with Crippen molar-refractivity contribution in [3.8, 4) is 0 Å². The topological polar surface area (TPSA) is 32.8 Å². The molecular formula is C26H35FN2O2S. The molecule has 3 rings (SSSR count). The average Bonchev–Trinajstić information content (AvgIpc) is 3.24. The normalized spacial score (nSPS) is 16.7. The Hall–Kier alpha value is -1.89. The summed E-state index contributed by atoms with van der Waals surface area (Å²) in [5, 5.41) is -0.0463. The van der Waals surface area contributed by atoms with E-state index >= 15 is 0 Å². The minimum atomic E-state index is -0.253. The first-order valence-corrected chi connectivity index (χ1v) is 12.3. The largest absolute Gasteiger partial charge is 0.385 e. The number of rotatable bonds is 9. The van der Waals surface area contributed by atoms with Crippen molar-refractivity contribution in [1.82, 2.24) is 9.80 Å². The maximum Gasteiger partial charge on any atom is 0.237 e. The number of carbonyl (C=O) groups excluding carboxylic acids is 1. The molecule has 1 aliphatic heterocycles. The number of ether oxygens (including phenoxy) is 1. The number of halogens is 1. The fraction of sp³-hybridized carbons (Fsp3) is 0.500. The molecule has 174 valence electrons. The van der Waals surface area contributed by atoms with Crippen LogP contribution < -0.4 is 0 Å². The number of nitrogens with zero attached hydrogens (tertiary/aromatic N) is 2. The second-order valence-electron chi connectivity index (χ2n) is 9.37. The van der Waals surface area contributed by atoms with Crippen LogP contribution >= 0.6 is 11.8 Å². The SMILES string of the molecule is COCCCN(CC(=O)N1CCS[C@H]1c1ccc(F)cc1)Cc1ccc(C(C)(C)C)cc1. The van der Waals surface area contributed by atoms with Gasteiger partial charge in [-0.25, -0.2) is 4.39 Å². The summed E-state index contributed by atoms with van der Waals surface area (Å²) < 4.78 is 18.6. The van der Waals surface area contributed by atoms with Crippen LogP contribution in [-0.2, 0) is 21.5 Å². The highest BCUT2D eigenvalue weighted by Gasteiger charge is 2.31. The van der Waals surface area contributed by atoms with Gasteiger partial charge in [-0.3, -0.25) is 9.69 Å². The van der Waals surface area contributed by atoms with E-state index in [4.69, 9.17) is 4.74 Å². The maximum absolute atomic E-state index is 13.3. The minimum Gasteiger partial charge on any atom is -0.385 e. The number of methoxy groups -OCH3 is 1. The van der Waals surface area contributed by atoms with Crippen LogP contribution in [0.5, 0.6) is 0 Å². The van der Waals surface area contributed by atoms with Gasteiger partial charge < -0.3 is 9.64 Å². The monoisotopic (exact) mass is 458 g/mol. The average molecular weight is 459 g/mol. The molecule has 0 bridgehead atoms. The fourth-order valence-corrected chi connectivity index (χ4v) is 5.20. The van der Waals surface area contributed by atoms with Gasteiger partial charge in [0.25, 0.3) is 0 Å². The molecule has 2 aromatic rings. The smallest absolute Gasteiger partial charge is 0.237 e. The second kappa shape index (κ2) is 11.3. The molecule has 0 spiro atoms. The maximum atomic E-state index is 13.3. The lowest BCUT2D eigenvalue weighted by atomic mass is 9.87. The van der Waals surface area contributed by atoms with Crippen LogP contribution in [0, 0.1) is 5.82 Å². The molecule has 6 heteroatoms. The van der Waals surface area contributed by atoms with E-state index in [2.05, 4.69) is 49.9 Å². The second-order valence-corrected chi connectivity index (χ2v) is 10.6. The van der Waals surface area contributed by atoms with Crippen LogP contribution in [0.15, 0.2) is 48.5 Å². The van der Waals surface area contributed by atoms with E-state index in [9.17, 15) is 9.18 Å². The molecule has 1 amide bonds. The van der Waals surface area contributed by atoms with E-state index in [1.54, 1.807) is 31.0 Å². The number of benzene rings is 2. The van der Waals surface area contributed by atoms with Gasteiger partial charge >= 0.3 is 0 Å². The van der Waals surface area contributed by atoms with Gasteiger partial charge in [-0.15, -0.1) is 11.8 Å². The summed E-state index contributed by atoms with van der Waals surface area (Å²) in [6.45, 7) is 9.91. The zero-order valence-electron chi connectivity index (χ0n) is 19.6. The molecule has 0 radical (unpaired) electrons. The first-order chi connectivity index (χ1) is 15.3. The standard InChI is InChI=1S/C26H35FN2O2S/c1-26(2,3)22-10-6-20(7-11-22)18-28(14-5-16-31-4)19-24(30)29-15-17-32-25(29)21-8-12-23(27)13-9-21/h6-13,25H,5,14-19H2,1-4H3/t25-/m0/s1. The lowest BCUT2D eigenvalue weighted by Crippen LogP contribution is -2.40. The summed E-state index contributed by atoms with van der Waals surface area (Å²) in [4.78, 5) is 17.4. The first kappa shape index (κ1) is 24.7. The van der Waals surface area contributed by atoms with E-state index in [0.717, 1.165) is 37.4 Å². The highest BCUT2D eigenvalue weighted by Crippen LogP contribution is 2.38. The zero-order valence-corrected chi connectivity index (χ0v) is 20.5. The molecule has 1 atom stereocenters. The van der Waals surface area contributed by atoms with E-state index in [-0.39, 0.29) is 22.5 Å². The molecule has 1 aliphatic rings. The summed E-state index contributed by atoms with van der Waals surface area (Å²) >= 11 is 1.74. The Morgan fingerprint density at radius 1 is 1.16 bits per heavy atom. The summed E-state index contributed by atoms with van der Waals surface area (Å²) in [6.07, 6.45) is 0.875. The molecule has 32 heavy (non-hydrogen) atoms. The van der Waals surface area contributed by atoms with Gasteiger partial charge in [-0.1, -0.05) is 57.2 Å². The van der Waals surface area contributed by atoms with Crippen molar-refractivity contribution in [1.29, 1.82) is 0 Å². The highest BCUT2D eigenvalue weighted by atomic mass is 32.2. The van der Waals surface area contributed by atoms with Crippen molar-refractivity contribution < 1.29 is 13.9 Å². The molecule has 0 aliphatic carbocycles. The van der Waals surface area contributed by atoms with Gasteiger partial charge in [0.2, 0.25) is 5.91 Å². The minimum absolute atomic E-state index is 0.0463. The molecule has 0 unspecified atom stereocenters. The number of hydrogen-bond acceptors (Lipinski definition) is 4. The molecule has 1 heterocycles. The molecule has 1 fully saturated rings. The van der Waals surface area contributed by atoms with Gasteiger partial charge in [0.1, 0.15) is 11.2 Å². The van der Waals surface area contributed by atoms with Gasteiger partial charge in [0.05, 0.1) is 6.54 Å². The fourth-order valence-electron chi connectivity index (χ4n) is 3.93. The molecule has 0 saturated carbocycles. The number of thioether (sulfide) groups is 1. The van der Waals surface area contributed by atoms with Gasteiger partial charge in [0, 0.05) is 39.1 Å². The number of carbonyl (C=O) groups is 1. The molecule has 0 N–H and O–H groups in total. The van der Waals surface area contributed by atoms with Crippen molar-refractivity contribution in [2.24, 2.45) is 0 Å². The summed E-state index contributed by atoms with van der Waals surface area (Å²) in [5.74, 6) is 0.760. The van der Waals surface area contributed by atoms with Crippen molar-refractivity contribution in [3.05, 3.63) is 71.0 Å². The molecule has 2 aromatic carbocycles. The van der Waals surface area contributed by atoms with Gasteiger partial charge in [0.15, 0.2) is 0 Å². The molecule has 4 nitrogen and oxygen atoms in total.